The highest BCUT2D eigenvalue weighted by atomic mass is 16.5. The fraction of sp³-hybridized carbons (Fsp3) is 0.944. The summed E-state index contributed by atoms with van der Waals surface area (Å²) in [6, 6.07) is 0.00711. The van der Waals surface area contributed by atoms with Gasteiger partial charge in [-0.1, -0.05) is 162 Å². The summed E-state index contributed by atoms with van der Waals surface area (Å²) in [5.41, 5.74) is 0. The van der Waals surface area contributed by atoms with Crippen LogP contribution in [0.25, 0.3) is 0 Å². The Kier molecular flexibility index (Phi) is 41.6. The third kappa shape index (κ3) is 37.1. The lowest BCUT2D eigenvalue weighted by Gasteiger charge is -2.25. The Morgan fingerprint density at radius 2 is 1.05 bits per heavy atom. The lowest BCUT2D eigenvalue weighted by molar-refractivity contribution is -0.150. The Hall–Kier alpha value is -1.71. The van der Waals surface area contributed by atoms with E-state index in [2.05, 4.69) is 35.9 Å². The number of likely N-dealkylation sites (tertiary alicyclic amines) is 1. The number of amides is 1. The average Bonchev–Trinajstić information content (AvgIpc) is 3.71. The fourth-order valence-corrected chi connectivity index (χ4v) is 9.16. The third-order valence-electron chi connectivity index (χ3n) is 13.3. The first-order valence-corrected chi connectivity index (χ1v) is 27.5. The molecule has 1 rings (SSSR count). The number of nitrogens with one attached hydrogen (secondary N) is 1. The van der Waals surface area contributed by atoms with E-state index in [1.807, 2.05) is 7.05 Å². The van der Waals surface area contributed by atoms with Crippen molar-refractivity contribution in [2.45, 2.75) is 283 Å². The molecule has 1 unspecified atom stereocenters. The number of unbranched alkanes of at least 4 members (excludes halogenated alkanes) is 25. The molecule has 2 atom stereocenters. The van der Waals surface area contributed by atoms with E-state index in [0.717, 1.165) is 142 Å². The van der Waals surface area contributed by atoms with Gasteiger partial charge in [0.15, 0.2) is 0 Å². The Bertz CT molecular complexity index is 1030. The minimum atomic E-state index is -0.394. The number of aliphatic hydroxyl groups is 1. The molecule has 1 amide bonds. The largest absolute Gasteiger partial charge is 0.466 e. The van der Waals surface area contributed by atoms with Crippen LogP contribution >= 0.6 is 0 Å². The van der Waals surface area contributed by atoms with Crippen LogP contribution in [0.5, 0.6) is 0 Å². The molecule has 0 radical (unpaired) electrons. The molecule has 1 heterocycles. The highest BCUT2D eigenvalue weighted by Gasteiger charge is 2.27. The first-order valence-electron chi connectivity index (χ1n) is 27.5. The van der Waals surface area contributed by atoms with Gasteiger partial charge in [0.1, 0.15) is 6.10 Å². The summed E-state index contributed by atoms with van der Waals surface area (Å²) >= 11 is 0. The molecule has 9 heteroatoms. The number of carbonyl (C=O) groups excluding carboxylic acids is 3. The molecule has 2 N–H and O–H groups in total. The first-order chi connectivity index (χ1) is 30.8. The monoisotopic (exact) mass is 892 g/mol. The number of hydrogen-bond donors (Lipinski definition) is 2. The van der Waals surface area contributed by atoms with Crippen LogP contribution in [0, 0.1) is 0 Å². The van der Waals surface area contributed by atoms with Crippen LogP contribution in [0.4, 0.5) is 0 Å². The van der Waals surface area contributed by atoms with Crippen LogP contribution in [0.3, 0.4) is 0 Å². The van der Waals surface area contributed by atoms with Gasteiger partial charge in [0, 0.05) is 25.9 Å². The molecule has 1 aliphatic heterocycles. The molecule has 0 aromatic heterocycles. The fourth-order valence-electron chi connectivity index (χ4n) is 9.16. The summed E-state index contributed by atoms with van der Waals surface area (Å²) < 4.78 is 11.6. The van der Waals surface area contributed by atoms with E-state index in [0.29, 0.717) is 32.5 Å². The summed E-state index contributed by atoms with van der Waals surface area (Å²) in [4.78, 5) is 42.3. The second kappa shape index (κ2) is 44.1. The highest BCUT2D eigenvalue weighted by molar-refractivity contribution is 5.81. The quantitative estimate of drug-likeness (QED) is 0.0459. The van der Waals surface area contributed by atoms with Crippen molar-refractivity contribution in [1.82, 2.24) is 15.1 Å². The number of aliphatic hydroxyl groups excluding tert-OH is 1. The van der Waals surface area contributed by atoms with Crippen molar-refractivity contribution < 1.29 is 29.0 Å². The molecule has 63 heavy (non-hydrogen) atoms. The zero-order valence-electron chi connectivity index (χ0n) is 42.2. The summed E-state index contributed by atoms with van der Waals surface area (Å²) in [6.45, 7) is 11.5. The van der Waals surface area contributed by atoms with Gasteiger partial charge in [0.05, 0.1) is 18.8 Å². The van der Waals surface area contributed by atoms with Crippen LogP contribution < -0.4 is 5.32 Å². The Morgan fingerprint density at radius 1 is 0.587 bits per heavy atom. The second-order valence-corrected chi connectivity index (χ2v) is 19.5. The minimum Gasteiger partial charge on any atom is -0.466 e. The number of rotatable bonds is 47. The second-order valence-electron chi connectivity index (χ2n) is 19.5. The van der Waals surface area contributed by atoms with Crippen molar-refractivity contribution in [2.24, 2.45) is 0 Å². The molecular weight excluding hydrogens is 787 g/mol. The number of esters is 2. The van der Waals surface area contributed by atoms with Crippen LogP contribution in [0.1, 0.15) is 265 Å². The van der Waals surface area contributed by atoms with Gasteiger partial charge in [0.25, 0.3) is 0 Å². The van der Waals surface area contributed by atoms with E-state index < -0.39 is 6.10 Å². The topological polar surface area (TPSA) is 108 Å². The van der Waals surface area contributed by atoms with Crippen molar-refractivity contribution in [1.29, 1.82) is 0 Å². The Labute approximate surface area is 390 Å². The van der Waals surface area contributed by atoms with E-state index >= 15 is 0 Å². The molecule has 0 spiro atoms. The molecule has 0 aromatic rings. The van der Waals surface area contributed by atoms with Crippen molar-refractivity contribution >= 4 is 17.8 Å². The molecule has 1 saturated heterocycles. The number of nitrogens with zero attached hydrogens (tertiary/aromatic N) is 2. The summed E-state index contributed by atoms with van der Waals surface area (Å²) in [7, 11) is 2.02. The molecule has 9 nitrogen and oxygen atoms in total. The number of likely N-dealkylation sites (N-methyl/N-ethyl adjacent to an activating group) is 1. The SMILES string of the molecule is CCCCCCCCCCCOC(=O)CCCCCN(CCCCCCCC(=O)OC(CCCCCCCC)CCCCCCCC)CC(O)CCCCNC(=O)[C@@H]1CCCN1C. The van der Waals surface area contributed by atoms with Crippen LogP contribution in [-0.4, -0.2) is 97.4 Å². The first kappa shape index (κ1) is 59.3. The molecule has 0 saturated carbocycles. The molecule has 0 aromatic carbocycles. The van der Waals surface area contributed by atoms with Crippen molar-refractivity contribution in [3.63, 3.8) is 0 Å². The van der Waals surface area contributed by atoms with E-state index in [1.165, 1.54) is 109 Å². The molecule has 1 aliphatic rings. The van der Waals surface area contributed by atoms with E-state index in [1.54, 1.807) is 0 Å². The zero-order valence-corrected chi connectivity index (χ0v) is 42.2. The highest BCUT2D eigenvalue weighted by Crippen LogP contribution is 2.19. The summed E-state index contributed by atoms with van der Waals surface area (Å²) in [6.07, 6.45) is 41.8. The van der Waals surface area contributed by atoms with Gasteiger partial charge in [-0.05, 0) is 117 Å². The predicted octanol–water partition coefficient (Wildman–Crippen LogP) is 13.4. The minimum absolute atomic E-state index is 0.00649. The molecular formula is C54H105N3O6. The van der Waals surface area contributed by atoms with Gasteiger partial charge < -0.3 is 24.8 Å². The van der Waals surface area contributed by atoms with Gasteiger partial charge in [-0.25, -0.2) is 0 Å². The van der Waals surface area contributed by atoms with E-state index in [9.17, 15) is 19.5 Å². The number of hydrogen-bond acceptors (Lipinski definition) is 8. The predicted molar refractivity (Wildman–Crippen MR) is 265 cm³/mol. The Balaban J connectivity index is 2.41. The van der Waals surface area contributed by atoms with Crippen LogP contribution in [0.2, 0.25) is 0 Å². The van der Waals surface area contributed by atoms with Gasteiger partial charge in [-0.15, -0.1) is 0 Å². The molecule has 1 fully saturated rings. The molecule has 0 bridgehead atoms. The van der Waals surface area contributed by atoms with E-state index in [4.69, 9.17) is 9.47 Å². The lowest BCUT2D eigenvalue weighted by atomic mass is 10.0. The average molecular weight is 892 g/mol. The summed E-state index contributed by atoms with van der Waals surface area (Å²) in [5.74, 6) is 0.0654. The van der Waals surface area contributed by atoms with Crippen LogP contribution in [0.15, 0.2) is 0 Å². The van der Waals surface area contributed by atoms with E-state index in [-0.39, 0.29) is 30.0 Å². The van der Waals surface area contributed by atoms with Gasteiger partial charge in [-0.2, -0.15) is 0 Å². The number of carbonyl (C=O) groups is 3. The maximum Gasteiger partial charge on any atom is 0.306 e. The molecule has 0 aliphatic carbocycles. The van der Waals surface area contributed by atoms with Crippen molar-refractivity contribution in [3.05, 3.63) is 0 Å². The third-order valence-corrected chi connectivity index (χ3v) is 13.3. The smallest absolute Gasteiger partial charge is 0.306 e. The van der Waals surface area contributed by atoms with Crippen molar-refractivity contribution in [3.8, 4) is 0 Å². The van der Waals surface area contributed by atoms with Gasteiger partial charge in [0.2, 0.25) is 5.91 Å². The Morgan fingerprint density at radius 3 is 1.59 bits per heavy atom. The zero-order chi connectivity index (χ0) is 45.9. The van der Waals surface area contributed by atoms with Gasteiger partial charge in [-0.3, -0.25) is 19.3 Å². The summed E-state index contributed by atoms with van der Waals surface area (Å²) in [5, 5.41) is 14.1. The maximum atomic E-state index is 12.9. The standard InChI is InChI=1S/C54H105N3O6/c1-5-8-11-14-17-18-19-25-35-47-62-52(59)41-30-26-34-46-57(48-49(58)37-31-32-43-55-54(61)51-40-36-44-56(51)4)45-33-24-20-23-29-42-53(60)63-50(38-27-21-15-12-9-6-2)39-28-22-16-13-10-7-3/h49-51,58H,5-48H2,1-4H3,(H,55,61)/t49?,51-/m0/s1. The maximum absolute atomic E-state index is 12.9. The van der Waals surface area contributed by atoms with Crippen molar-refractivity contribution in [2.75, 3.05) is 46.4 Å². The van der Waals surface area contributed by atoms with Gasteiger partial charge >= 0.3 is 11.9 Å². The number of ether oxygens (including phenoxy) is 2. The molecule has 372 valence electrons. The lowest BCUT2D eigenvalue weighted by Crippen LogP contribution is -2.41. The normalized spacial score (nSPS) is 14.8. The van der Waals surface area contributed by atoms with Crippen LogP contribution in [-0.2, 0) is 23.9 Å².